The summed E-state index contributed by atoms with van der Waals surface area (Å²) >= 11 is 5.85. The Morgan fingerprint density at radius 3 is 2.23 bits per heavy atom. The molecule has 0 atom stereocenters. The number of hydrogen-bond acceptors (Lipinski definition) is 2. The molecule has 3 rings (SSSR count). The predicted molar refractivity (Wildman–Crippen MR) is 104 cm³/mol. The van der Waals surface area contributed by atoms with E-state index in [9.17, 15) is 9.59 Å². The van der Waals surface area contributed by atoms with Crippen LogP contribution in [0.2, 0.25) is 5.02 Å². The van der Waals surface area contributed by atoms with Crippen molar-refractivity contribution in [1.29, 1.82) is 0 Å². The quantitative estimate of drug-likeness (QED) is 0.854. The number of carbonyl (C=O) groups is 2. The van der Waals surface area contributed by atoms with E-state index < -0.39 is 0 Å². The average Bonchev–Trinajstić information content (AvgIpc) is 2.64. The zero-order chi connectivity index (χ0) is 18.5. The Hall–Kier alpha value is -2.53. The van der Waals surface area contributed by atoms with Crippen LogP contribution in [0.4, 0.5) is 10.5 Å². The van der Waals surface area contributed by atoms with E-state index in [4.69, 9.17) is 11.6 Å². The monoisotopic (exact) mass is 371 g/mol. The molecule has 2 aromatic rings. The molecule has 1 heterocycles. The van der Waals surface area contributed by atoms with Crippen LogP contribution < -0.4 is 10.6 Å². The molecule has 0 saturated carbocycles. The van der Waals surface area contributed by atoms with Crippen molar-refractivity contribution < 1.29 is 9.59 Å². The number of halogens is 1. The van der Waals surface area contributed by atoms with E-state index in [2.05, 4.69) is 10.6 Å². The van der Waals surface area contributed by atoms with Crippen molar-refractivity contribution >= 4 is 29.2 Å². The lowest BCUT2D eigenvalue weighted by molar-refractivity contribution is 0.0919. The highest BCUT2D eigenvalue weighted by molar-refractivity contribution is 6.30. The Balaban J connectivity index is 1.47. The summed E-state index contributed by atoms with van der Waals surface area (Å²) in [7, 11) is 0. The Morgan fingerprint density at radius 2 is 1.62 bits per heavy atom. The van der Waals surface area contributed by atoms with Crippen LogP contribution in [0.5, 0.6) is 0 Å². The Labute approximate surface area is 158 Å². The van der Waals surface area contributed by atoms with Gasteiger partial charge in [0.2, 0.25) is 0 Å². The maximum Gasteiger partial charge on any atom is 0.321 e. The molecule has 1 saturated heterocycles. The molecule has 2 N–H and O–H groups in total. The van der Waals surface area contributed by atoms with Crippen LogP contribution in [-0.4, -0.2) is 36.0 Å². The number of benzene rings is 2. The molecule has 1 aliphatic rings. The van der Waals surface area contributed by atoms with E-state index in [0.717, 1.165) is 18.4 Å². The minimum atomic E-state index is -0.129. The molecule has 26 heavy (non-hydrogen) atoms. The first-order valence-electron chi connectivity index (χ1n) is 8.70. The van der Waals surface area contributed by atoms with Crippen molar-refractivity contribution in [3.8, 4) is 0 Å². The first-order valence-corrected chi connectivity index (χ1v) is 9.08. The Kier molecular flexibility index (Phi) is 5.78. The lowest BCUT2D eigenvalue weighted by Gasteiger charge is -2.32. The minimum absolute atomic E-state index is 0.0611. The summed E-state index contributed by atoms with van der Waals surface area (Å²) in [6.07, 6.45) is 1.48. The molecule has 5 nitrogen and oxygen atoms in total. The second kappa shape index (κ2) is 8.23. The topological polar surface area (TPSA) is 61.4 Å². The number of piperidine rings is 1. The maximum absolute atomic E-state index is 12.3. The SMILES string of the molecule is Cc1ccc(C(=O)NC2CCN(C(=O)Nc3ccc(Cl)cc3)CC2)cc1. The second-order valence-electron chi connectivity index (χ2n) is 6.54. The number of nitrogens with one attached hydrogen (secondary N) is 2. The standard InChI is InChI=1S/C20H22ClN3O2/c1-14-2-4-15(5-3-14)19(25)22-18-10-12-24(13-11-18)20(26)23-17-8-6-16(21)7-9-17/h2-9,18H,10-13H2,1H3,(H,22,25)(H,23,26). The Morgan fingerprint density at radius 1 is 1.00 bits per heavy atom. The summed E-state index contributed by atoms with van der Waals surface area (Å²) < 4.78 is 0. The fraction of sp³-hybridized carbons (Fsp3) is 0.300. The molecular formula is C20H22ClN3O2. The molecule has 0 aromatic heterocycles. The van der Waals surface area contributed by atoms with Gasteiger partial charge in [0.05, 0.1) is 0 Å². The van der Waals surface area contributed by atoms with E-state index >= 15 is 0 Å². The van der Waals surface area contributed by atoms with Crippen molar-refractivity contribution in [3.63, 3.8) is 0 Å². The van der Waals surface area contributed by atoms with E-state index in [1.807, 2.05) is 31.2 Å². The lowest BCUT2D eigenvalue weighted by atomic mass is 10.0. The van der Waals surface area contributed by atoms with Crippen LogP contribution in [0, 0.1) is 6.92 Å². The Bertz CT molecular complexity index is 767. The molecule has 0 aliphatic carbocycles. The van der Waals surface area contributed by atoms with Gasteiger partial charge in [-0.2, -0.15) is 0 Å². The van der Waals surface area contributed by atoms with Gasteiger partial charge in [-0.1, -0.05) is 29.3 Å². The predicted octanol–water partition coefficient (Wildman–Crippen LogP) is 4.07. The summed E-state index contributed by atoms with van der Waals surface area (Å²) in [6, 6.07) is 14.5. The number of nitrogens with zero attached hydrogens (tertiary/aromatic N) is 1. The van der Waals surface area contributed by atoms with Crippen LogP contribution in [0.15, 0.2) is 48.5 Å². The third-order valence-corrected chi connectivity index (χ3v) is 4.78. The highest BCUT2D eigenvalue weighted by Crippen LogP contribution is 2.16. The van der Waals surface area contributed by atoms with Gasteiger partial charge in [0.25, 0.3) is 5.91 Å². The number of carbonyl (C=O) groups excluding carboxylic acids is 2. The second-order valence-corrected chi connectivity index (χ2v) is 6.97. The number of anilines is 1. The van der Waals surface area contributed by atoms with Crippen molar-refractivity contribution in [2.45, 2.75) is 25.8 Å². The largest absolute Gasteiger partial charge is 0.349 e. The summed E-state index contributed by atoms with van der Waals surface area (Å²) in [5.74, 6) is -0.0611. The first kappa shape index (κ1) is 18.3. The van der Waals surface area contributed by atoms with Gasteiger partial charge < -0.3 is 15.5 Å². The molecule has 0 spiro atoms. The molecule has 136 valence electrons. The molecule has 0 radical (unpaired) electrons. The van der Waals surface area contributed by atoms with Crippen LogP contribution in [0.25, 0.3) is 0 Å². The minimum Gasteiger partial charge on any atom is -0.349 e. The van der Waals surface area contributed by atoms with Gasteiger partial charge in [-0.05, 0) is 56.2 Å². The molecule has 6 heteroatoms. The normalized spacial score (nSPS) is 14.8. The summed E-state index contributed by atoms with van der Waals surface area (Å²) in [6.45, 7) is 3.21. The van der Waals surface area contributed by atoms with E-state index in [0.29, 0.717) is 29.4 Å². The molecule has 0 bridgehead atoms. The van der Waals surface area contributed by atoms with Gasteiger partial charge in [-0.15, -0.1) is 0 Å². The number of urea groups is 1. The number of hydrogen-bond donors (Lipinski definition) is 2. The van der Waals surface area contributed by atoms with Crippen molar-refractivity contribution in [1.82, 2.24) is 10.2 Å². The van der Waals surface area contributed by atoms with Gasteiger partial charge in [0.1, 0.15) is 0 Å². The molecule has 3 amide bonds. The van der Waals surface area contributed by atoms with Crippen LogP contribution in [0.3, 0.4) is 0 Å². The first-order chi connectivity index (χ1) is 12.5. The number of rotatable bonds is 3. The van der Waals surface area contributed by atoms with Crippen LogP contribution in [-0.2, 0) is 0 Å². The fourth-order valence-corrected chi connectivity index (χ4v) is 3.06. The number of likely N-dealkylation sites (tertiary alicyclic amines) is 1. The smallest absolute Gasteiger partial charge is 0.321 e. The van der Waals surface area contributed by atoms with Crippen LogP contribution in [0.1, 0.15) is 28.8 Å². The highest BCUT2D eigenvalue weighted by atomic mass is 35.5. The molecular weight excluding hydrogens is 350 g/mol. The van der Waals surface area contributed by atoms with Gasteiger partial charge in [-0.3, -0.25) is 4.79 Å². The number of amides is 3. The third-order valence-electron chi connectivity index (χ3n) is 4.53. The van der Waals surface area contributed by atoms with Crippen molar-refractivity contribution in [2.24, 2.45) is 0 Å². The van der Waals surface area contributed by atoms with E-state index in [-0.39, 0.29) is 18.0 Å². The van der Waals surface area contributed by atoms with E-state index in [1.165, 1.54) is 0 Å². The van der Waals surface area contributed by atoms with Gasteiger partial charge in [-0.25, -0.2) is 4.79 Å². The van der Waals surface area contributed by atoms with Gasteiger partial charge >= 0.3 is 6.03 Å². The molecule has 1 aliphatic heterocycles. The zero-order valence-electron chi connectivity index (χ0n) is 14.7. The molecule has 0 unspecified atom stereocenters. The summed E-state index contributed by atoms with van der Waals surface area (Å²) in [5.41, 5.74) is 2.51. The van der Waals surface area contributed by atoms with Crippen molar-refractivity contribution in [3.05, 3.63) is 64.7 Å². The summed E-state index contributed by atoms with van der Waals surface area (Å²) in [5, 5.41) is 6.56. The highest BCUT2D eigenvalue weighted by Gasteiger charge is 2.24. The zero-order valence-corrected chi connectivity index (χ0v) is 15.4. The number of aryl methyl sites for hydroxylation is 1. The summed E-state index contributed by atoms with van der Waals surface area (Å²) in [4.78, 5) is 26.4. The lowest BCUT2D eigenvalue weighted by Crippen LogP contribution is -2.47. The maximum atomic E-state index is 12.3. The van der Waals surface area contributed by atoms with Gasteiger partial charge in [0.15, 0.2) is 0 Å². The van der Waals surface area contributed by atoms with Crippen LogP contribution >= 0.6 is 11.6 Å². The third kappa shape index (κ3) is 4.76. The average molecular weight is 372 g/mol. The van der Waals surface area contributed by atoms with Crippen molar-refractivity contribution in [2.75, 3.05) is 18.4 Å². The van der Waals surface area contributed by atoms with E-state index in [1.54, 1.807) is 29.2 Å². The molecule has 2 aromatic carbocycles. The van der Waals surface area contributed by atoms with Gasteiger partial charge in [0, 0.05) is 35.4 Å². The fourth-order valence-electron chi connectivity index (χ4n) is 2.94. The molecule has 1 fully saturated rings.